The summed E-state index contributed by atoms with van der Waals surface area (Å²) in [6.45, 7) is -0.00804. The number of azo groups is 1. The first-order chi connectivity index (χ1) is 14.6. The highest BCUT2D eigenvalue weighted by Crippen LogP contribution is 2.28. The molecular formula is C17H21N7O5S2. The Labute approximate surface area is 179 Å². The van der Waals surface area contributed by atoms with E-state index in [1.165, 1.54) is 18.2 Å². The second kappa shape index (κ2) is 10.4. The summed E-state index contributed by atoms with van der Waals surface area (Å²) in [6, 6.07) is 8.92. The molecule has 0 aromatic heterocycles. The molecule has 31 heavy (non-hydrogen) atoms. The zero-order valence-electron chi connectivity index (χ0n) is 16.2. The van der Waals surface area contributed by atoms with Crippen LogP contribution in [0.4, 0.5) is 11.4 Å². The van der Waals surface area contributed by atoms with Gasteiger partial charge in [0.15, 0.2) is 0 Å². The number of nitrogens with one attached hydrogen (secondary N) is 2. The highest BCUT2D eigenvalue weighted by molar-refractivity contribution is 7.90. The Morgan fingerprint density at radius 1 is 0.871 bits per heavy atom. The van der Waals surface area contributed by atoms with Crippen molar-refractivity contribution >= 4 is 31.4 Å². The molecule has 0 spiro atoms. The largest absolute Gasteiger partial charge is 0.507 e. The number of aromatic hydroxyl groups is 1. The van der Waals surface area contributed by atoms with Crippen LogP contribution < -0.4 is 20.9 Å². The summed E-state index contributed by atoms with van der Waals surface area (Å²) < 4.78 is 54.5. The van der Waals surface area contributed by atoms with Gasteiger partial charge in [0.05, 0.1) is 26.7 Å². The Balaban J connectivity index is 2.54. The van der Waals surface area contributed by atoms with E-state index >= 15 is 0 Å². The van der Waals surface area contributed by atoms with Crippen LogP contribution in [0.2, 0.25) is 0 Å². The van der Waals surface area contributed by atoms with Gasteiger partial charge in [0.25, 0.3) is 0 Å². The molecule has 0 saturated heterocycles. The van der Waals surface area contributed by atoms with Crippen LogP contribution >= 0.6 is 0 Å². The third-order valence-electron chi connectivity index (χ3n) is 3.74. The number of hydrogen-bond acceptors (Lipinski definition) is 10. The van der Waals surface area contributed by atoms with Gasteiger partial charge in [0, 0.05) is 26.2 Å². The van der Waals surface area contributed by atoms with Crippen LogP contribution in [0.3, 0.4) is 0 Å². The molecule has 0 aliphatic rings. The minimum absolute atomic E-state index is 0.0342. The topological polar surface area (TPSA) is 213 Å². The average Bonchev–Trinajstić information content (AvgIpc) is 2.75. The number of nitrogens with two attached hydrogens (primary N) is 2. The van der Waals surface area contributed by atoms with Crippen molar-refractivity contribution in [2.75, 3.05) is 26.2 Å². The van der Waals surface area contributed by atoms with E-state index in [2.05, 4.69) is 19.7 Å². The van der Waals surface area contributed by atoms with E-state index in [9.17, 15) is 21.9 Å². The van der Waals surface area contributed by atoms with E-state index in [1.807, 2.05) is 0 Å². The zero-order chi connectivity index (χ0) is 23.1. The minimum Gasteiger partial charge on any atom is -0.507 e. The summed E-state index contributed by atoms with van der Waals surface area (Å²) in [5.41, 5.74) is 10.7. The smallest absolute Gasteiger partial charge is 0.240 e. The number of nitrogens with zero attached hydrogens (tertiary/aromatic N) is 3. The van der Waals surface area contributed by atoms with E-state index in [0.717, 1.165) is 18.2 Å². The van der Waals surface area contributed by atoms with E-state index in [4.69, 9.17) is 16.7 Å². The fourth-order valence-corrected chi connectivity index (χ4v) is 4.57. The molecule has 12 nitrogen and oxygen atoms in total. The fraction of sp³-hybridized carbons (Fsp3) is 0.235. The molecule has 7 N–H and O–H groups in total. The molecule has 0 fully saturated rings. The van der Waals surface area contributed by atoms with Crippen LogP contribution in [0.5, 0.6) is 5.75 Å². The van der Waals surface area contributed by atoms with Crippen molar-refractivity contribution in [1.29, 1.82) is 5.26 Å². The van der Waals surface area contributed by atoms with Crippen LogP contribution in [-0.4, -0.2) is 48.1 Å². The van der Waals surface area contributed by atoms with Gasteiger partial charge in [-0.3, -0.25) is 0 Å². The van der Waals surface area contributed by atoms with Crippen LogP contribution in [-0.2, 0) is 20.0 Å². The molecular weight excluding hydrogens is 446 g/mol. The molecule has 0 saturated carbocycles. The Bertz CT molecular complexity index is 1170. The van der Waals surface area contributed by atoms with Crippen LogP contribution in [0.25, 0.3) is 0 Å². The van der Waals surface area contributed by atoms with Gasteiger partial charge in [-0.25, -0.2) is 26.3 Å². The molecule has 2 rings (SSSR count). The van der Waals surface area contributed by atoms with Crippen molar-refractivity contribution in [3.63, 3.8) is 0 Å². The highest BCUT2D eigenvalue weighted by atomic mass is 32.2. The number of rotatable bonds is 10. The van der Waals surface area contributed by atoms with E-state index in [-0.39, 0.29) is 58.7 Å². The van der Waals surface area contributed by atoms with Gasteiger partial charge in [-0.15, -0.1) is 0 Å². The minimum atomic E-state index is -4.07. The first-order valence-corrected chi connectivity index (χ1v) is 11.8. The maximum absolute atomic E-state index is 12.5. The molecule has 0 aliphatic heterocycles. The lowest BCUT2D eigenvalue weighted by atomic mass is 10.2. The normalized spacial score (nSPS) is 12.2. The van der Waals surface area contributed by atoms with Gasteiger partial charge in [0.1, 0.15) is 11.8 Å². The molecule has 0 atom stereocenters. The van der Waals surface area contributed by atoms with E-state index in [1.54, 1.807) is 6.07 Å². The van der Waals surface area contributed by atoms with Crippen molar-refractivity contribution in [3.05, 3.63) is 42.0 Å². The standard InChI is InChI=1S/C17H21N7O5S2/c18-3-5-21-30(26,27)15-8-14(9-16(10-15)31(28,29)22-6-4-19)24-23-13-1-2-17(25)12(7-13)11-20/h1-2,7-10,21-22,25H,3-6,18-19H2. The summed E-state index contributed by atoms with van der Waals surface area (Å²) in [6.07, 6.45) is 0. The van der Waals surface area contributed by atoms with Crippen LogP contribution in [0.1, 0.15) is 5.56 Å². The van der Waals surface area contributed by atoms with Gasteiger partial charge in [-0.2, -0.15) is 15.5 Å². The van der Waals surface area contributed by atoms with Gasteiger partial charge in [0.2, 0.25) is 20.0 Å². The molecule has 2 aromatic rings. The van der Waals surface area contributed by atoms with E-state index in [0.29, 0.717) is 0 Å². The number of phenolic OH excluding ortho intramolecular Hbond substituents is 1. The molecule has 0 radical (unpaired) electrons. The summed E-state index contributed by atoms with van der Waals surface area (Å²) >= 11 is 0. The monoisotopic (exact) mass is 467 g/mol. The van der Waals surface area contributed by atoms with Gasteiger partial charge in [-0.05, 0) is 36.4 Å². The van der Waals surface area contributed by atoms with Crippen LogP contribution in [0, 0.1) is 11.3 Å². The predicted octanol–water partition coefficient (Wildman–Crippen LogP) is 0.153. The van der Waals surface area contributed by atoms with Gasteiger partial charge < -0.3 is 16.6 Å². The second-order valence-electron chi connectivity index (χ2n) is 6.05. The maximum Gasteiger partial charge on any atom is 0.240 e. The number of hydrogen-bond donors (Lipinski definition) is 5. The Kier molecular flexibility index (Phi) is 8.16. The molecule has 166 valence electrons. The number of phenols is 1. The Morgan fingerprint density at radius 2 is 1.39 bits per heavy atom. The van der Waals surface area contributed by atoms with E-state index < -0.39 is 20.0 Å². The molecule has 0 unspecified atom stereocenters. The van der Waals surface area contributed by atoms with Gasteiger partial charge >= 0.3 is 0 Å². The average molecular weight is 468 g/mol. The summed E-state index contributed by atoms with van der Waals surface area (Å²) in [5, 5.41) is 26.3. The summed E-state index contributed by atoms with van der Waals surface area (Å²) in [5.74, 6) is -0.236. The third kappa shape index (κ3) is 6.52. The van der Waals surface area contributed by atoms with Crippen molar-refractivity contribution in [3.8, 4) is 11.8 Å². The van der Waals surface area contributed by atoms with Crippen LogP contribution in [0.15, 0.2) is 56.4 Å². The number of benzene rings is 2. The number of sulfonamides is 2. The van der Waals surface area contributed by atoms with Crippen molar-refractivity contribution < 1.29 is 21.9 Å². The number of nitriles is 1. The molecule has 2 aromatic carbocycles. The quantitative estimate of drug-likeness (QED) is 0.302. The first-order valence-electron chi connectivity index (χ1n) is 8.82. The summed E-state index contributed by atoms with van der Waals surface area (Å²) in [7, 11) is -8.14. The Hall–Kier alpha value is -2.93. The Morgan fingerprint density at radius 3 is 1.87 bits per heavy atom. The third-order valence-corrected chi connectivity index (χ3v) is 6.62. The maximum atomic E-state index is 12.5. The lowest BCUT2D eigenvalue weighted by Crippen LogP contribution is -2.30. The van der Waals surface area contributed by atoms with Crippen molar-refractivity contribution in [1.82, 2.24) is 9.44 Å². The molecule has 0 bridgehead atoms. The predicted molar refractivity (Wildman–Crippen MR) is 112 cm³/mol. The van der Waals surface area contributed by atoms with Crippen molar-refractivity contribution in [2.24, 2.45) is 21.7 Å². The highest BCUT2D eigenvalue weighted by Gasteiger charge is 2.21. The van der Waals surface area contributed by atoms with Gasteiger partial charge in [-0.1, -0.05) is 0 Å². The molecule has 0 aliphatic carbocycles. The first kappa shape index (κ1) is 24.3. The summed E-state index contributed by atoms with van der Waals surface area (Å²) in [4.78, 5) is -0.706. The molecule has 0 heterocycles. The molecule has 14 heteroatoms. The fourth-order valence-electron chi connectivity index (χ4n) is 2.27. The SMILES string of the molecule is N#Cc1cc(N=Nc2cc(S(=O)(=O)NCCN)cc(S(=O)(=O)NCCN)c2)ccc1O. The zero-order valence-corrected chi connectivity index (χ0v) is 17.8. The molecule has 0 amide bonds. The lowest BCUT2D eigenvalue weighted by Gasteiger charge is -2.10. The second-order valence-corrected chi connectivity index (χ2v) is 9.58. The van der Waals surface area contributed by atoms with Crippen molar-refractivity contribution in [2.45, 2.75) is 9.79 Å². The lowest BCUT2D eigenvalue weighted by molar-refractivity contribution is 0.473.